The molecule has 2 atom stereocenters. The molecule has 0 saturated heterocycles. The third kappa shape index (κ3) is 5.01. The van der Waals surface area contributed by atoms with Crippen LogP contribution in [-0.4, -0.2) is 25.1 Å². The van der Waals surface area contributed by atoms with E-state index in [-0.39, 0.29) is 0 Å². The van der Waals surface area contributed by atoms with Gasteiger partial charge in [-0.05, 0) is 90.1 Å². The lowest BCUT2D eigenvalue weighted by Crippen LogP contribution is -2.48. The molecule has 188 valence electrons. The molecule has 1 aromatic carbocycles. The van der Waals surface area contributed by atoms with E-state index in [1.807, 2.05) is 36.9 Å². The minimum absolute atomic E-state index is 0.316. The fourth-order valence-electron chi connectivity index (χ4n) is 7.75. The Kier molecular flexibility index (Phi) is 6.72. The van der Waals surface area contributed by atoms with Crippen molar-refractivity contribution in [2.24, 2.45) is 23.2 Å². The van der Waals surface area contributed by atoms with Crippen molar-refractivity contribution in [3.63, 3.8) is 0 Å². The molecule has 2 aromatic heterocycles. The lowest BCUT2D eigenvalue weighted by molar-refractivity contribution is -0.0548. The van der Waals surface area contributed by atoms with Gasteiger partial charge >= 0.3 is 0 Å². The Morgan fingerprint density at radius 2 is 1.31 bits per heavy atom. The highest BCUT2D eigenvalue weighted by atomic mass is 31.1. The molecule has 0 aliphatic heterocycles. The van der Waals surface area contributed by atoms with Crippen LogP contribution in [-0.2, 0) is 6.16 Å². The number of benzene rings is 1. The Bertz CT molecular complexity index is 1100. The van der Waals surface area contributed by atoms with Crippen LogP contribution in [0.1, 0.15) is 76.1 Å². The van der Waals surface area contributed by atoms with E-state index in [4.69, 9.17) is 0 Å². The summed E-state index contributed by atoms with van der Waals surface area (Å²) in [6.45, 7) is 7.35. The highest BCUT2D eigenvalue weighted by Crippen LogP contribution is 2.69. The van der Waals surface area contributed by atoms with E-state index >= 15 is 0 Å². The fourth-order valence-corrected chi connectivity index (χ4v) is 11.6. The monoisotopic (exact) mass is 516 g/mol. The normalized spacial score (nSPS) is 28.3. The highest BCUT2D eigenvalue weighted by Gasteiger charge is 2.55. The predicted molar refractivity (Wildman–Crippen MR) is 152 cm³/mol. The number of hydrogen-bond acceptors (Lipinski definition) is 4. The molecule has 7 rings (SSSR count). The summed E-state index contributed by atoms with van der Waals surface area (Å²) in [6.07, 6.45) is 17.1. The summed E-state index contributed by atoms with van der Waals surface area (Å²) in [7, 11) is 0.0476. The van der Waals surface area contributed by atoms with Crippen molar-refractivity contribution in [3.8, 4) is 0 Å². The van der Waals surface area contributed by atoms with Gasteiger partial charge in [-0.3, -0.25) is 0 Å². The first-order valence-corrected chi connectivity index (χ1v) is 16.2. The van der Waals surface area contributed by atoms with Crippen LogP contribution in [0.25, 0.3) is 0 Å². The second kappa shape index (κ2) is 9.85. The van der Waals surface area contributed by atoms with Crippen LogP contribution in [0.3, 0.4) is 0 Å². The molecule has 4 bridgehead atoms. The van der Waals surface area contributed by atoms with Crippen LogP contribution in [0.5, 0.6) is 0 Å². The van der Waals surface area contributed by atoms with Crippen molar-refractivity contribution in [1.29, 1.82) is 0 Å². The SMILES string of the molecule is CC(C)(C)PC(c1ccccc1CP(c1ncccn1)c1ncccn1)C12CC3CC(CC(C3)C1)C2. The van der Waals surface area contributed by atoms with Crippen molar-refractivity contribution in [3.05, 3.63) is 72.3 Å². The first-order valence-electron chi connectivity index (χ1n) is 13.6. The van der Waals surface area contributed by atoms with Crippen LogP contribution in [0.2, 0.25) is 0 Å². The van der Waals surface area contributed by atoms with E-state index in [0.29, 0.717) is 16.2 Å². The zero-order valence-corrected chi connectivity index (χ0v) is 23.7. The van der Waals surface area contributed by atoms with Gasteiger partial charge in [-0.15, -0.1) is 8.58 Å². The summed E-state index contributed by atoms with van der Waals surface area (Å²) >= 11 is 0. The van der Waals surface area contributed by atoms with Crippen LogP contribution < -0.4 is 11.1 Å². The van der Waals surface area contributed by atoms with Crippen molar-refractivity contribution >= 4 is 27.6 Å². The van der Waals surface area contributed by atoms with Crippen molar-refractivity contribution in [2.45, 2.75) is 76.3 Å². The van der Waals surface area contributed by atoms with Crippen LogP contribution in [0, 0.1) is 23.2 Å². The summed E-state index contributed by atoms with van der Waals surface area (Å²) in [4.78, 5) is 18.7. The molecule has 2 unspecified atom stereocenters. The Morgan fingerprint density at radius 3 is 1.81 bits per heavy atom. The van der Waals surface area contributed by atoms with Gasteiger partial charge < -0.3 is 0 Å². The van der Waals surface area contributed by atoms with Gasteiger partial charge in [0, 0.05) is 44.5 Å². The Labute approximate surface area is 219 Å². The molecule has 4 nitrogen and oxygen atoms in total. The summed E-state index contributed by atoms with van der Waals surface area (Å²) in [5.74, 6) is 2.88. The predicted octanol–water partition coefficient (Wildman–Crippen LogP) is 6.63. The third-order valence-corrected chi connectivity index (χ3v) is 12.7. The molecule has 0 spiro atoms. The lowest BCUT2D eigenvalue weighted by Gasteiger charge is -2.60. The second-order valence-electron chi connectivity index (χ2n) is 12.5. The van der Waals surface area contributed by atoms with Crippen LogP contribution in [0.15, 0.2) is 61.2 Å². The van der Waals surface area contributed by atoms with E-state index in [9.17, 15) is 0 Å². The molecule has 4 aliphatic carbocycles. The minimum atomic E-state index is -0.876. The summed E-state index contributed by atoms with van der Waals surface area (Å²) in [5.41, 5.74) is 5.91. The summed E-state index contributed by atoms with van der Waals surface area (Å²) in [6, 6.07) is 13.1. The molecule has 2 heterocycles. The average molecular weight is 517 g/mol. The van der Waals surface area contributed by atoms with E-state index < -0.39 is 7.92 Å². The molecule has 6 heteroatoms. The van der Waals surface area contributed by atoms with E-state index in [0.717, 1.165) is 43.6 Å². The third-order valence-electron chi connectivity index (χ3n) is 8.56. The van der Waals surface area contributed by atoms with Crippen LogP contribution in [0.4, 0.5) is 0 Å². The fraction of sp³-hybridized carbons (Fsp3) is 0.533. The number of rotatable bonds is 7. The molecule has 0 radical (unpaired) electrons. The van der Waals surface area contributed by atoms with Crippen molar-refractivity contribution in [1.82, 2.24) is 19.9 Å². The first kappa shape index (κ1) is 24.6. The smallest absolute Gasteiger partial charge is 0.158 e. The van der Waals surface area contributed by atoms with Gasteiger partial charge in [-0.1, -0.05) is 45.0 Å². The molecular formula is C30H38N4P2. The van der Waals surface area contributed by atoms with Gasteiger partial charge in [0.15, 0.2) is 11.1 Å². The molecule has 4 fully saturated rings. The molecule has 4 saturated carbocycles. The van der Waals surface area contributed by atoms with Crippen molar-refractivity contribution in [2.75, 3.05) is 0 Å². The van der Waals surface area contributed by atoms with Gasteiger partial charge in [-0.2, -0.15) is 0 Å². The van der Waals surface area contributed by atoms with E-state index in [2.05, 4.69) is 65.0 Å². The topological polar surface area (TPSA) is 51.6 Å². The highest BCUT2D eigenvalue weighted by molar-refractivity contribution is 7.71. The van der Waals surface area contributed by atoms with E-state index in [1.54, 1.807) is 5.56 Å². The lowest BCUT2D eigenvalue weighted by atomic mass is 9.48. The molecule has 0 amide bonds. The summed E-state index contributed by atoms with van der Waals surface area (Å²) < 4.78 is 0. The maximum absolute atomic E-state index is 4.68. The van der Waals surface area contributed by atoms with E-state index in [1.165, 1.54) is 44.1 Å². The number of nitrogens with zero attached hydrogens (tertiary/aromatic N) is 4. The maximum atomic E-state index is 4.68. The largest absolute Gasteiger partial charge is 0.237 e. The molecule has 3 aromatic rings. The van der Waals surface area contributed by atoms with Gasteiger partial charge in [0.25, 0.3) is 0 Å². The first-order chi connectivity index (χ1) is 17.4. The van der Waals surface area contributed by atoms with Crippen molar-refractivity contribution < 1.29 is 0 Å². The molecular weight excluding hydrogens is 478 g/mol. The minimum Gasteiger partial charge on any atom is -0.237 e. The molecule has 36 heavy (non-hydrogen) atoms. The van der Waals surface area contributed by atoms with Gasteiger partial charge in [0.05, 0.1) is 0 Å². The second-order valence-corrected chi connectivity index (χ2v) is 16.8. The zero-order valence-electron chi connectivity index (χ0n) is 21.8. The Morgan fingerprint density at radius 1 is 0.806 bits per heavy atom. The standard InChI is InChI=1S/C30H38N4P2/c1-29(2,3)35-26(30-17-21-14-22(18-30)16-23(15-21)19-30)25-9-5-4-8-24(25)20-36(27-31-10-6-11-32-27)28-33-12-7-13-34-28/h4-13,21-23,26,35H,14-20H2,1-3H3. The number of hydrogen-bond donors (Lipinski definition) is 0. The van der Waals surface area contributed by atoms with Crippen LogP contribution >= 0.6 is 16.5 Å². The van der Waals surface area contributed by atoms with Gasteiger partial charge in [0.2, 0.25) is 0 Å². The summed E-state index contributed by atoms with van der Waals surface area (Å²) in [5, 5.41) is 0.316. The van der Waals surface area contributed by atoms with Gasteiger partial charge in [-0.25, -0.2) is 19.9 Å². The Balaban J connectivity index is 1.41. The van der Waals surface area contributed by atoms with Gasteiger partial charge in [0.1, 0.15) is 0 Å². The molecule has 0 N–H and O–H groups in total. The average Bonchev–Trinajstić information content (AvgIpc) is 2.86. The number of aromatic nitrogens is 4. The zero-order chi connectivity index (χ0) is 24.8. The maximum Gasteiger partial charge on any atom is 0.158 e. The Hall–Kier alpha value is -1.76. The quantitative estimate of drug-likeness (QED) is 0.331. The molecule has 4 aliphatic rings.